The molecule has 0 fully saturated rings. The van der Waals surface area contributed by atoms with Crippen molar-refractivity contribution in [2.24, 2.45) is 0 Å². The molecule has 0 bridgehead atoms. The first-order chi connectivity index (χ1) is 11.1. The van der Waals surface area contributed by atoms with E-state index in [0.717, 1.165) is 4.57 Å². The molecule has 0 spiro atoms. The first-order valence-electron chi connectivity index (χ1n) is 7.02. The Morgan fingerprint density at radius 3 is 2.74 bits per heavy atom. The van der Waals surface area contributed by atoms with Crippen molar-refractivity contribution in [3.05, 3.63) is 69.6 Å². The molecule has 0 aliphatic carbocycles. The van der Waals surface area contributed by atoms with Crippen LogP contribution in [0, 0.1) is 0 Å². The van der Waals surface area contributed by atoms with Crippen molar-refractivity contribution in [3.8, 4) is 0 Å². The molecule has 3 aromatic rings. The van der Waals surface area contributed by atoms with E-state index in [4.69, 9.17) is 0 Å². The Morgan fingerprint density at radius 2 is 2.00 bits per heavy atom. The van der Waals surface area contributed by atoms with E-state index in [-0.39, 0.29) is 0 Å². The minimum atomic E-state index is -0.962. The van der Waals surface area contributed by atoms with E-state index in [1.165, 1.54) is 13.1 Å². The third-order valence-electron chi connectivity index (χ3n) is 3.53. The Balaban J connectivity index is 2.01. The maximum Gasteiger partial charge on any atom is 0.329 e. The Morgan fingerprint density at radius 1 is 1.22 bits per heavy atom. The van der Waals surface area contributed by atoms with Crippen LogP contribution in [-0.2, 0) is 4.79 Å². The molecule has 2 aromatic heterocycles. The molecule has 23 heavy (non-hydrogen) atoms. The predicted octanol–water partition coefficient (Wildman–Crippen LogP) is 1.28. The third-order valence-corrected chi connectivity index (χ3v) is 3.53. The highest BCUT2D eigenvalue weighted by molar-refractivity contribution is 5.93. The number of fused-ring (bicyclic) bond motifs is 1. The smallest absolute Gasteiger partial charge is 0.323 e. The molecule has 0 unspecified atom stereocenters. The molecule has 1 amide bonds. The van der Waals surface area contributed by atoms with Gasteiger partial charge in [-0.1, -0.05) is 12.1 Å². The molecular formula is C16H14N4O3. The van der Waals surface area contributed by atoms with E-state index in [2.05, 4.69) is 15.3 Å². The summed E-state index contributed by atoms with van der Waals surface area (Å²) in [4.78, 5) is 43.5. The second-order valence-corrected chi connectivity index (χ2v) is 5.06. The Bertz CT molecular complexity index is 976. The van der Waals surface area contributed by atoms with Crippen molar-refractivity contribution in [2.45, 2.75) is 13.0 Å². The highest BCUT2D eigenvalue weighted by atomic mass is 16.2. The minimum absolute atomic E-state index is 0.355. The zero-order valence-electron chi connectivity index (χ0n) is 12.3. The highest BCUT2D eigenvalue weighted by Crippen LogP contribution is 2.09. The van der Waals surface area contributed by atoms with Gasteiger partial charge in [-0.15, -0.1) is 0 Å². The summed E-state index contributed by atoms with van der Waals surface area (Å²) in [7, 11) is 0. The fourth-order valence-corrected chi connectivity index (χ4v) is 2.33. The lowest BCUT2D eigenvalue weighted by atomic mass is 10.2. The number of carbonyl (C=O) groups excluding carboxylic acids is 1. The van der Waals surface area contributed by atoms with E-state index < -0.39 is 23.2 Å². The van der Waals surface area contributed by atoms with E-state index >= 15 is 0 Å². The first-order valence-corrected chi connectivity index (χ1v) is 7.02. The number of rotatable bonds is 3. The monoisotopic (exact) mass is 310 g/mol. The molecule has 0 saturated carbocycles. The van der Waals surface area contributed by atoms with Crippen LogP contribution >= 0.6 is 0 Å². The van der Waals surface area contributed by atoms with Crippen LogP contribution in [-0.4, -0.2) is 20.4 Å². The SMILES string of the molecule is C[C@@H](C(=O)Nc1cccnc1)n1c(=O)[nH]c2ccccc2c1=O. The molecule has 1 aromatic carbocycles. The normalized spacial score (nSPS) is 12.0. The zero-order chi connectivity index (χ0) is 16.4. The number of para-hydroxylation sites is 1. The number of nitrogens with one attached hydrogen (secondary N) is 2. The number of aromatic amines is 1. The van der Waals surface area contributed by atoms with E-state index in [1.807, 2.05) is 0 Å². The maximum absolute atomic E-state index is 12.5. The molecule has 0 aliphatic rings. The van der Waals surface area contributed by atoms with Crippen LogP contribution in [0.2, 0.25) is 0 Å². The van der Waals surface area contributed by atoms with Crippen molar-refractivity contribution in [3.63, 3.8) is 0 Å². The van der Waals surface area contributed by atoms with Crippen LogP contribution in [0.3, 0.4) is 0 Å². The van der Waals surface area contributed by atoms with Crippen LogP contribution in [0.15, 0.2) is 58.4 Å². The molecule has 3 rings (SSSR count). The fraction of sp³-hybridized carbons (Fsp3) is 0.125. The van der Waals surface area contributed by atoms with Crippen LogP contribution in [0.25, 0.3) is 10.9 Å². The van der Waals surface area contributed by atoms with E-state index in [1.54, 1.807) is 42.6 Å². The molecule has 7 heteroatoms. The minimum Gasteiger partial charge on any atom is -0.323 e. The lowest BCUT2D eigenvalue weighted by molar-refractivity contribution is -0.119. The summed E-state index contributed by atoms with van der Waals surface area (Å²) in [5, 5.41) is 2.98. The van der Waals surface area contributed by atoms with Gasteiger partial charge in [0.25, 0.3) is 5.56 Å². The third kappa shape index (κ3) is 2.76. The molecule has 1 atom stereocenters. The lowest BCUT2D eigenvalue weighted by Gasteiger charge is -2.14. The fourth-order valence-electron chi connectivity index (χ4n) is 2.33. The summed E-state index contributed by atoms with van der Waals surface area (Å²) in [6.45, 7) is 1.50. The quantitative estimate of drug-likeness (QED) is 0.761. The van der Waals surface area contributed by atoms with Gasteiger partial charge in [0.15, 0.2) is 0 Å². The van der Waals surface area contributed by atoms with Crippen molar-refractivity contribution < 1.29 is 4.79 Å². The number of anilines is 1. The standard InChI is InChI=1S/C16H14N4O3/c1-10(14(21)18-11-5-4-8-17-9-11)20-15(22)12-6-2-3-7-13(12)19-16(20)23/h2-10H,1H3,(H,18,21)(H,19,23)/t10-/m0/s1. The van der Waals surface area contributed by atoms with Gasteiger partial charge >= 0.3 is 5.69 Å². The summed E-state index contributed by atoms with van der Waals surface area (Å²) in [5.74, 6) is -0.471. The second kappa shape index (κ2) is 5.88. The van der Waals surface area contributed by atoms with Crippen LogP contribution in [0.1, 0.15) is 13.0 Å². The number of benzene rings is 1. The Hall–Kier alpha value is -3.22. The molecule has 7 nitrogen and oxygen atoms in total. The van der Waals surface area contributed by atoms with Gasteiger partial charge in [0.1, 0.15) is 6.04 Å². The maximum atomic E-state index is 12.5. The average Bonchev–Trinajstić information content (AvgIpc) is 2.55. The largest absolute Gasteiger partial charge is 0.329 e. The van der Waals surface area contributed by atoms with Gasteiger partial charge in [0, 0.05) is 6.20 Å². The second-order valence-electron chi connectivity index (χ2n) is 5.06. The van der Waals surface area contributed by atoms with Crippen molar-refractivity contribution >= 4 is 22.5 Å². The van der Waals surface area contributed by atoms with Gasteiger partial charge in [0.05, 0.1) is 22.8 Å². The topological polar surface area (TPSA) is 96.8 Å². The summed E-state index contributed by atoms with van der Waals surface area (Å²) in [6, 6.07) is 9.06. The zero-order valence-corrected chi connectivity index (χ0v) is 12.3. The molecule has 2 heterocycles. The van der Waals surface area contributed by atoms with Crippen LogP contribution < -0.4 is 16.6 Å². The number of H-pyrrole nitrogens is 1. The van der Waals surface area contributed by atoms with E-state index in [9.17, 15) is 14.4 Å². The molecule has 0 saturated heterocycles. The summed E-state index contributed by atoms with van der Waals surface area (Å²) in [6.07, 6.45) is 3.07. The van der Waals surface area contributed by atoms with Gasteiger partial charge in [-0.3, -0.25) is 14.6 Å². The first kappa shape index (κ1) is 14.7. The number of hydrogen-bond acceptors (Lipinski definition) is 4. The summed E-state index contributed by atoms with van der Waals surface area (Å²) < 4.78 is 0.911. The molecule has 0 radical (unpaired) electrons. The number of nitrogens with zero attached hydrogens (tertiary/aromatic N) is 2. The van der Waals surface area contributed by atoms with Crippen LogP contribution in [0.5, 0.6) is 0 Å². The summed E-state index contributed by atoms with van der Waals surface area (Å²) in [5.41, 5.74) is -0.186. The molecule has 116 valence electrons. The van der Waals surface area contributed by atoms with Crippen LogP contribution in [0.4, 0.5) is 5.69 Å². The number of amides is 1. The number of carbonyl (C=O) groups is 1. The van der Waals surface area contributed by atoms with Gasteiger partial charge in [-0.2, -0.15) is 0 Å². The van der Waals surface area contributed by atoms with Crippen molar-refractivity contribution in [1.29, 1.82) is 0 Å². The van der Waals surface area contributed by atoms with Crippen molar-refractivity contribution in [2.75, 3.05) is 5.32 Å². The Kier molecular flexibility index (Phi) is 3.76. The molecular weight excluding hydrogens is 296 g/mol. The number of pyridine rings is 1. The number of aromatic nitrogens is 3. The highest BCUT2D eigenvalue weighted by Gasteiger charge is 2.20. The van der Waals surface area contributed by atoms with Gasteiger partial charge in [-0.05, 0) is 31.2 Å². The number of hydrogen-bond donors (Lipinski definition) is 2. The molecule has 2 N–H and O–H groups in total. The van der Waals surface area contributed by atoms with E-state index in [0.29, 0.717) is 16.6 Å². The van der Waals surface area contributed by atoms with Gasteiger partial charge < -0.3 is 10.3 Å². The lowest BCUT2D eigenvalue weighted by Crippen LogP contribution is -2.41. The van der Waals surface area contributed by atoms with Crippen molar-refractivity contribution in [1.82, 2.24) is 14.5 Å². The predicted molar refractivity (Wildman–Crippen MR) is 86.4 cm³/mol. The van der Waals surface area contributed by atoms with Gasteiger partial charge in [-0.25, -0.2) is 9.36 Å². The Labute approximate surface area is 130 Å². The van der Waals surface area contributed by atoms with Gasteiger partial charge in [0.2, 0.25) is 5.91 Å². The average molecular weight is 310 g/mol. The summed E-state index contributed by atoms with van der Waals surface area (Å²) >= 11 is 0. The molecule has 0 aliphatic heterocycles.